The molecular weight excluding hydrogens is 238 g/mol. The largest absolute Gasteiger partial charge is 0.339 e. The lowest BCUT2D eigenvalue weighted by Crippen LogP contribution is -2.52. The first-order chi connectivity index (χ1) is 8.18. The van der Waals surface area contributed by atoms with E-state index in [1.165, 1.54) is 0 Å². The van der Waals surface area contributed by atoms with Gasteiger partial charge in [-0.2, -0.15) is 0 Å². The summed E-state index contributed by atoms with van der Waals surface area (Å²) in [6.45, 7) is 8.75. The Morgan fingerprint density at radius 3 is 2.71 bits per heavy atom. The predicted octanol–water partition coefficient (Wildman–Crippen LogP) is 0.635. The molecule has 2 saturated heterocycles. The first-order valence-electron chi connectivity index (χ1n) is 6.25. The minimum atomic E-state index is 0.0172. The maximum absolute atomic E-state index is 12.4. The van der Waals surface area contributed by atoms with Gasteiger partial charge in [0.05, 0.1) is 6.04 Å². The van der Waals surface area contributed by atoms with Crippen molar-refractivity contribution < 1.29 is 4.79 Å². The molecule has 2 fully saturated rings. The van der Waals surface area contributed by atoms with Crippen molar-refractivity contribution >= 4 is 17.5 Å². The van der Waals surface area contributed by atoms with Gasteiger partial charge in [-0.05, 0) is 19.4 Å². The number of nitrogens with one attached hydrogen (secondary N) is 1. The van der Waals surface area contributed by atoms with Gasteiger partial charge in [0.1, 0.15) is 0 Å². The molecular formula is C12H20ClN3O. The van der Waals surface area contributed by atoms with Crippen molar-refractivity contribution in [3.63, 3.8) is 0 Å². The van der Waals surface area contributed by atoms with Crippen molar-refractivity contribution in [2.75, 3.05) is 39.3 Å². The summed E-state index contributed by atoms with van der Waals surface area (Å²) in [7, 11) is 0. The molecule has 2 heterocycles. The minimum Gasteiger partial charge on any atom is -0.339 e. The fourth-order valence-corrected chi connectivity index (χ4v) is 2.76. The number of piperazine rings is 1. The molecule has 0 bridgehead atoms. The number of rotatable bonds is 3. The number of amides is 1. The Labute approximate surface area is 108 Å². The molecule has 0 saturated carbocycles. The Balaban J connectivity index is 1.94. The third kappa shape index (κ3) is 3.21. The predicted molar refractivity (Wildman–Crippen MR) is 69.0 cm³/mol. The van der Waals surface area contributed by atoms with Crippen LogP contribution in [0.4, 0.5) is 0 Å². The molecule has 0 aromatic carbocycles. The molecule has 0 spiro atoms. The average Bonchev–Trinajstić information content (AvgIpc) is 2.76. The Hall–Kier alpha value is -0.580. The van der Waals surface area contributed by atoms with Crippen LogP contribution >= 0.6 is 11.6 Å². The van der Waals surface area contributed by atoms with Crippen molar-refractivity contribution in [2.24, 2.45) is 0 Å². The molecule has 96 valence electrons. The second kappa shape index (κ2) is 5.85. The van der Waals surface area contributed by atoms with E-state index in [9.17, 15) is 4.79 Å². The van der Waals surface area contributed by atoms with Gasteiger partial charge in [0.15, 0.2) is 0 Å². The molecule has 0 aliphatic carbocycles. The number of carbonyl (C=O) groups is 1. The Morgan fingerprint density at radius 1 is 1.35 bits per heavy atom. The SMILES string of the molecule is C=C(Cl)CN1CCCC1C(=O)N1CCNCC1. The molecule has 2 aliphatic rings. The van der Waals surface area contributed by atoms with E-state index in [4.69, 9.17) is 11.6 Å². The number of likely N-dealkylation sites (tertiary alicyclic amines) is 1. The van der Waals surface area contributed by atoms with Crippen LogP contribution in [0.3, 0.4) is 0 Å². The van der Waals surface area contributed by atoms with Gasteiger partial charge < -0.3 is 10.2 Å². The smallest absolute Gasteiger partial charge is 0.240 e. The maximum Gasteiger partial charge on any atom is 0.240 e. The summed E-state index contributed by atoms with van der Waals surface area (Å²) in [4.78, 5) is 16.5. The van der Waals surface area contributed by atoms with E-state index in [1.807, 2.05) is 4.90 Å². The van der Waals surface area contributed by atoms with Crippen molar-refractivity contribution in [2.45, 2.75) is 18.9 Å². The van der Waals surface area contributed by atoms with E-state index in [2.05, 4.69) is 16.8 Å². The number of carbonyl (C=O) groups excluding carboxylic acids is 1. The quantitative estimate of drug-likeness (QED) is 0.806. The summed E-state index contributed by atoms with van der Waals surface area (Å²) in [6.07, 6.45) is 2.03. The number of nitrogens with zero attached hydrogens (tertiary/aromatic N) is 2. The van der Waals surface area contributed by atoms with Crippen molar-refractivity contribution in [1.29, 1.82) is 0 Å². The van der Waals surface area contributed by atoms with Crippen molar-refractivity contribution in [1.82, 2.24) is 15.1 Å². The van der Waals surface area contributed by atoms with Gasteiger partial charge in [-0.25, -0.2) is 0 Å². The van der Waals surface area contributed by atoms with E-state index < -0.39 is 0 Å². The average molecular weight is 258 g/mol. The summed E-state index contributed by atoms with van der Waals surface area (Å²) in [5.41, 5.74) is 0. The van der Waals surface area contributed by atoms with Gasteiger partial charge in [-0.15, -0.1) is 0 Å². The van der Waals surface area contributed by atoms with Crippen LogP contribution in [0.1, 0.15) is 12.8 Å². The Kier molecular flexibility index (Phi) is 4.42. The van der Waals surface area contributed by atoms with Crippen LogP contribution in [0.15, 0.2) is 11.6 Å². The standard InChI is InChI=1S/C12H20ClN3O/c1-10(13)9-16-6-2-3-11(16)12(17)15-7-4-14-5-8-15/h11,14H,1-9H2. The number of hydrogen-bond donors (Lipinski definition) is 1. The molecule has 2 rings (SSSR count). The zero-order valence-corrected chi connectivity index (χ0v) is 10.9. The zero-order chi connectivity index (χ0) is 12.3. The molecule has 0 aromatic rings. The highest BCUT2D eigenvalue weighted by Gasteiger charge is 2.33. The van der Waals surface area contributed by atoms with Gasteiger partial charge in [0.2, 0.25) is 5.91 Å². The van der Waals surface area contributed by atoms with Gasteiger partial charge in [-0.1, -0.05) is 18.2 Å². The first kappa shape index (κ1) is 12.9. The van der Waals surface area contributed by atoms with E-state index in [0.29, 0.717) is 11.6 Å². The van der Waals surface area contributed by atoms with Crippen molar-refractivity contribution in [3.05, 3.63) is 11.6 Å². The Bertz CT molecular complexity index is 302. The normalized spacial score (nSPS) is 26.2. The highest BCUT2D eigenvalue weighted by Crippen LogP contribution is 2.21. The third-order valence-corrected chi connectivity index (χ3v) is 3.57. The summed E-state index contributed by atoms with van der Waals surface area (Å²) < 4.78 is 0. The van der Waals surface area contributed by atoms with E-state index in [-0.39, 0.29) is 11.9 Å². The van der Waals surface area contributed by atoms with E-state index in [1.54, 1.807) is 0 Å². The van der Waals surface area contributed by atoms with Crippen molar-refractivity contribution in [3.8, 4) is 0 Å². The second-order valence-electron chi connectivity index (χ2n) is 4.72. The lowest BCUT2D eigenvalue weighted by molar-refractivity contribution is -0.136. The molecule has 0 radical (unpaired) electrons. The van der Waals surface area contributed by atoms with E-state index >= 15 is 0 Å². The van der Waals surface area contributed by atoms with Crippen LogP contribution in [-0.2, 0) is 4.79 Å². The molecule has 17 heavy (non-hydrogen) atoms. The van der Waals surface area contributed by atoms with Gasteiger partial charge in [0, 0.05) is 37.8 Å². The lowest BCUT2D eigenvalue weighted by Gasteiger charge is -2.32. The number of hydrogen-bond acceptors (Lipinski definition) is 3. The van der Waals surface area contributed by atoms with Crippen LogP contribution in [0.25, 0.3) is 0 Å². The molecule has 1 atom stereocenters. The number of halogens is 1. The van der Waals surface area contributed by atoms with Crippen LogP contribution in [0.5, 0.6) is 0 Å². The topological polar surface area (TPSA) is 35.6 Å². The first-order valence-corrected chi connectivity index (χ1v) is 6.63. The van der Waals surface area contributed by atoms with E-state index in [0.717, 1.165) is 45.6 Å². The fraction of sp³-hybridized carbons (Fsp3) is 0.750. The molecule has 5 heteroatoms. The van der Waals surface area contributed by atoms with Crippen LogP contribution in [0, 0.1) is 0 Å². The molecule has 1 amide bonds. The molecule has 0 aromatic heterocycles. The monoisotopic (exact) mass is 257 g/mol. The Morgan fingerprint density at radius 2 is 2.06 bits per heavy atom. The zero-order valence-electron chi connectivity index (χ0n) is 10.1. The molecule has 4 nitrogen and oxygen atoms in total. The maximum atomic E-state index is 12.4. The van der Waals surface area contributed by atoms with Gasteiger partial charge in [-0.3, -0.25) is 9.69 Å². The minimum absolute atomic E-state index is 0.0172. The molecule has 1 unspecified atom stereocenters. The summed E-state index contributed by atoms with van der Waals surface area (Å²) in [5.74, 6) is 0.266. The van der Waals surface area contributed by atoms with Gasteiger partial charge >= 0.3 is 0 Å². The lowest BCUT2D eigenvalue weighted by atomic mass is 10.1. The third-order valence-electron chi connectivity index (χ3n) is 3.45. The van der Waals surface area contributed by atoms with Crippen LogP contribution in [0.2, 0.25) is 0 Å². The molecule has 2 aliphatic heterocycles. The van der Waals surface area contributed by atoms with Crippen LogP contribution in [-0.4, -0.2) is 61.0 Å². The van der Waals surface area contributed by atoms with Crippen LogP contribution < -0.4 is 5.32 Å². The highest BCUT2D eigenvalue weighted by molar-refractivity contribution is 6.29. The molecule has 1 N–H and O–H groups in total. The second-order valence-corrected chi connectivity index (χ2v) is 5.26. The summed E-state index contributed by atoms with van der Waals surface area (Å²) in [5, 5.41) is 3.88. The highest BCUT2D eigenvalue weighted by atomic mass is 35.5. The summed E-state index contributed by atoms with van der Waals surface area (Å²) >= 11 is 5.84. The van der Waals surface area contributed by atoms with Gasteiger partial charge in [0.25, 0.3) is 0 Å². The summed E-state index contributed by atoms with van der Waals surface area (Å²) in [6, 6.07) is 0.0172. The fourth-order valence-electron chi connectivity index (χ4n) is 2.61.